The summed E-state index contributed by atoms with van der Waals surface area (Å²) in [6, 6.07) is 15.6. The van der Waals surface area contributed by atoms with Crippen LogP contribution in [0.25, 0.3) is 0 Å². The molecular formula is C20H24N2O3. The number of aliphatic hydroxyl groups excluding tert-OH is 1. The summed E-state index contributed by atoms with van der Waals surface area (Å²) in [5, 5.41) is 15.0. The summed E-state index contributed by atoms with van der Waals surface area (Å²) >= 11 is 0. The van der Waals surface area contributed by atoms with E-state index < -0.39 is 6.04 Å². The predicted octanol–water partition coefficient (Wildman–Crippen LogP) is 2.25. The minimum absolute atomic E-state index is 0.0549. The molecule has 0 aliphatic heterocycles. The van der Waals surface area contributed by atoms with Crippen LogP contribution in [0.4, 0.5) is 0 Å². The number of benzene rings is 2. The smallest absolute Gasteiger partial charge is 0.251 e. The van der Waals surface area contributed by atoms with E-state index in [-0.39, 0.29) is 24.3 Å². The Labute approximate surface area is 148 Å². The lowest BCUT2D eigenvalue weighted by Gasteiger charge is -2.22. The first-order valence-electron chi connectivity index (χ1n) is 8.34. The highest BCUT2D eigenvalue weighted by molar-refractivity contribution is 5.97. The number of amides is 2. The first-order chi connectivity index (χ1) is 12.0. The van der Waals surface area contributed by atoms with Crippen LogP contribution in [-0.2, 0) is 17.9 Å². The summed E-state index contributed by atoms with van der Waals surface area (Å²) in [6.45, 7) is 4.00. The van der Waals surface area contributed by atoms with Gasteiger partial charge in [0.1, 0.15) is 6.04 Å². The number of carbonyl (C=O) groups is 2. The lowest BCUT2D eigenvalue weighted by atomic mass is 10.0. The average molecular weight is 340 g/mol. The maximum atomic E-state index is 12.5. The van der Waals surface area contributed by atoms with Gasteiger partial charge >= 0.3 is 0 Å². The summed E-state index contributed by atoms with van der Waals surface area (Å²) in [7, 11) is 0. The highest BCUT2D eigenvalue weighted by atomic mass is 16.3. The molecule has 0 radical (unpaired) electrons. The van der Waals surface area contributed by atoms with E-state index in [1.54, 1.807) is 24.3 Å². The van der Waals surface area contributed by atoms with Gasteiger partial charge in [-0.15, -0.1) is 0 Å². The van der Waals surface area contributed by atoms with Crippen LogP contribution in [0.3, 0.4) is 0 Å². The second-order valence-electron chi connectivity index (χ2n) is 6.21. The Morgan fingerprint density at radius 1 is 0.960 bits per heavy atom. The van der Waals surface area contributed by atoms with E-state index in [2.05, 4.69) is 10.6 Å². The number of hydrogen-bond acceptors (Lipinski definition) is 3. The van der Waals surface area contributed by atoms with Gasteiger partial charge < -0.3 is 15.7 Å². The van der Waals surface area contributed by atoms with Gasteiger partial charge in [-0.05, 0) is 29.2 Å². The van der Waals surface area contributed by atoms with Crippen molar-refractivity contribution in [3.8, 4) is 0 Å². The fourth-order valence-corrected chi connectivity index (χ4v) is 2.53. The monoisotopic (exact) mass is 340 g/mol. The van der Waals surface area contributed by atoms with E-state index in [0.717, 1.165) is 11.1 Å². The standard InChI is InChI=1S/C20H24N2O3/c1-14(2)18(22-19(24)15-8-4-3-5-9-15)20(25)21-12-16-10-6-7-11-17(16)13-23/h3-11,14,18,23H,12-13H2,1-2H3,(H,21,25)(H,22,24). The molecule has 2 amide bonds. The van der Waals surface area contributed by atoms with Gasteiger partial charge in [-0.2, -0.15) is 0 Å². The first kappa shape index (κ1) is 18.7. The SMILES string of the molecule is CC(C)C(NC(=O)c1ccccc1)C(=O)NCc1ccccc1CO. The summed E-state index contributed by atoms with van der Waals surface area (Å²) < 4.78 is 0. The molecule has 132 valence electrons. The lowest BCUT2D eigenvalue weighted by molar-refractivity contribution is -0.124. The van der Waals surface area contributed by atoms with Gasteiger partial charge in [0.05, 0.1) is 6.61 Å². The molecule has 0 fully saturated rings. The van der Waals surface area contributed by atoms with Crippen LogP contribution in [0.5, 0.6) is 0 Å². The third-order valence-electron chi connectivity index (χ3n) is 4.01. The van der Waals surface area contributed by atoms with Gasteiger partial charge in [0, 0.05) is 12.1 Å². The van der Waals surface area contributed by atoms with Crippen LogP contribution in [0, 0.1) is 5.92 Å². The number of rotatable bonds is 7. The molecule has 0 saturated heterocycles. The van der Waals surface area contributed by atoms with Crippen molar-refractivity contribution in [2.24, 2.45) is 5.92 Å². The zero-order chi connectivity index (χ0) is 18.2. The van der Waals surface area contributed by atoms with Crippen molar-refractivity contribution in [3.63, 3.8) is 0 Å². The minimum Gasteiger partial charge on any atom is -0.392 e. The second kappa shape index (κ2) is 8.99. The van der Waals surface area contributed by atoms with Crippen molar-refractivity contribution in [2.45, 2.75) is 33.0 Å². The van der Waals surface area contributed by atoms with Crippen molar-refractivity contribution in [3.05, 3.63) is 71.3 Å². The molecule has 0 aliphatic rings. The van der Waals surface area contributed by atoms with Crippen molar-refractivity contribution < 1.29 is 14.7 Å². The van der Waals surface area contributed by atoms with Crippen LogP contribution in [0.1, 0.15) is 35.3 Å². The van der Waals surface area contributed by atoms with E-state index in [4.69, 9.17) is 0 Å². The topological polar surface area (TPSA) is 78.4 Å². The molecule has 5 nitrogen and oxygen atoms in total. The molecule has 0 saturated carbocycles. The minimum atomic E-state index is -0.631. The van der Waals surface area contributed by atoms with Crippen LogP contribution in [0.15, 0.2) is 54.6 Å². The Bertz CT molecular complexity index is 714. The molecule has 0 bridgehead atoms. The van der Waals surface area contributed by atoms with Crippen LogP contribution < -0.4 is 10.6 Å². The first-order valence-corrected chi connectivity index (χ1v) is 8.34. The van der Waals surface area contributed by atoms with E-state index in [1.807, 2.05) is 44.2 Å². The Kier molecular flexibility index (Phi) is 6.71. The summed E-state index contributed by atoms with van der Waals surface area (Å²) in [5.74, 6) is -0.571. The third kappa shape index (κ3) is 5.16. The van der Waals surface area contributed by atoms with E-state index in [9.17, 15) is 14.7 Å². The summed E-state index contributed by atoms with van der Waals surface area (Å²) in [5.41, 5.74) is 2.15. The zero-order valence-corrected chi connectivity index (χ0v) is 14.5. The maximum absolute atomic E-state index is 12.5. The second-order valence-corrected chi connectivity index (χ2v) is 6.21. The molecule has 1 unspecified atom stereocenters. The van der Waals surface area contributed by atoms with E-state index in [0.29, 0.717) is 12.1 Å². The van der Waals surface area contributed by atoms with Crippen molar-refractivity contribution in [1.29, 1.82) is 0 Å². The summed E-state index contributed by atoms with van der Waals surface area (Å²) in [4.78, 5) is 24.9. The van der Waals surface area contributed by atoms with E-state index in [1.165, 1.54) is 0 Å². The predicted molar refractivity (Wildman–Crippen MR) is 96.7 cm³/mol. The maximum Gasteiger partial charge on any atom is 0.251 e. The molecule has 0 heterocycles. The van der Waals surface area contributed by atoms with Crippen LogP contribution >= 0.6 is 0 Å². The van der Waals surface area contributed by atoms with Gasteiger partial charge in [0.15, 0.2) is 0 Å². The van der Waals surface area contributed by atoms with Gasteiger partial charge in [0.2, 0.25) is 5.91 Å². The van der Waals surface area contributed by atoms with Gasteiger partial charge in [-0.3, -0.25) is 9.59 Å². The Morgan fingerprint density at radius 2 is 1.56 bits per heavy atom. The molecule has 3 N–H and O–H groups in total. The normalized spacial score (nSPS) is 11.8. The third-order valence-corrected chi connectivity index (χ3v) is 4.01. The highest BCUT2D eigenvalue weighted by Crippen LogP contribution is 2.10. The molecule has 1 atom stereocenters. The quantitative estimate of drug-likeness (QED) is 0.723. The van der Waals surface area contributed by atoms with E-state index >= 15 is 0 Å². The number of hydrogen-bond donors (Lipinski definition) is 3. The molecule has 25 heavy (non-hydrogen) atoms. The molecule has 0 aliphatic carbocycles. The largest absolute Gasteiger partial charge is 0.392 e. The molecule has 2 aromatic rings. The van der Waals surface area contributed by atoms with Gasteiger partial charge in [-0.1, -0.05) is 56.3 Å². The number of aliphatic hydroxyl groups is 1. The van der Waals surface area contributed by atoms with Crippen molar-refractivity contribution in [2.75, 3.05) is 0 Å². The zero-order valence-electron chi connectivity index (χ0n) is 14.5. The van der Waals surface area contributed by atoms with Crippen molar-refractivity contribution >= 4 is 11.8 Å². The average Bonchev–Trinajstić information content (AvgIpc) is 2.64. The van der Waals surface area contributed by atoms with Gasteiger partial charge in [0.25, 0.3) is 5.91 Å². The van der Waals surface area contributed by atoms with Crippen molar-refractivity contribution in [1.82, 2.24) is 10.6 Å². The number of carbonyl (C=O) groups excluding carboxylic acids is 2. The Hall–Kier alpha value is -2.66. The van der Waals surface area contributed by atoms with Gasteiger partial charge in [-0.25, -0.2) is 0 Å². The Balaban J connectivity index is 2.02. The fraction of sp³-hybridized carbons (Fsp3) is 0.300. The number of nitrogens with one attached hydrogen (secondary N) is 2. The molecule has 0 aromatic heterocycles. The molecule has 0 spiro atoms. The molecule has 2 rings (SSSR count). The summed E-state index contributed by atoms with van der Waals surface area (Å²) in [6.07, 6.45) is 0. The van der Waals surface area contributed by atoms with Crippen LogP contribution in [-0.4, -0.2) is 23.0 Å². The Morgan fingerprint density at radius 3 is 2.16 bits per heavy atom. The molecule has 5 heteroatoms. The fourth-order valence-electron chi connectivity index (χ4n) is 2.53. The highest BCUT2D eigenvalue weighted by Gasteiger charge is 2.24. The molecule has 2 aromatic carbocycles. The lowest BCUT2D eigenvalue weighted by Crippen LogP contribution is -2.49. The molecular weight excluding hydrogens is 316 g/mol. The van der Waals surface area contributed by atoms with Crippen LogP contribution in [0.2, 0.25) is 0 Å².